The van der Waals surface area contributed by atoms with Crippen molar-refractivity contribution in [3.8, 4) is 10.6 Å². The highest BCUT2D eigenvalue weighted by atomic mass is 32.1. The predicted molar refractivity (Wildman–Crippen MR) is 105 cm³/mol. The number of rotatable bonds is 4. The van der Waals surface area contributed by atoms with Crippen LogP contribution in [-0.2, 0) is 5.60 Å². The molecule has 3 saturated heterocycles. The fraction of sp³-hybridized carbons (Fsp3) is 0.421. The van der Waals surface area contributed by atoms with Gasteiger partial charge in [-0.25, -0.2) is 18.6 Å². The van der Waals surface area contributed by atoms with E-state index >= 15 is 0 Å². The van der Waals surface area contributed by atoms with E-state index in [0.29, 0.717) is 23.7 Å². The average Bonchev–Trinajstić information content (AvgIpc) is 3.36. The van der Waals surface area contributed by atoms with Gasteiger partial charge in [0.1, 0.15) is 16.1 Å². The number of fused-ring (bicyclic) bond motifs is 3. The molecule has 3 unspecified atom stereocenters. The molecule has 1 amide bonds. The van der Waals surface area contributed by atoms with E-state index < -0.39 is 18.1 Å². The highest BCUT2D eigenvalue weighted by molar-refractivity contribution is 7.13. The van der Waals surface area contributed by atoms with Crippen LogP contribution in [0.3, 0.4) is 0 Å². The number of thiazole rings is 1. The number of anilines is 1. The van der Waals surface area contributed by atoms with Gasteiger partial charge in [0, 0.05) is 30.2 Å². The van der Waals surface area contributed by atoms with E-state index in [-0.39, 0.29) is 34.8 Å². The molecule has 158 valence electrons. The Kier molecular flexibility index (Phi) is 4.23. The van der Waals surface area contributed by atoms with E-state index in [0.717, 1.165) is 13.3 Å². The number of carbonyl (C=O) groups is 1. The second-order valence-electron chi connectivity index (χ2n) is 7.76. The number of carboxylic acid groups (broad SMARTS) is 1. The van der Waals surface area contributed by atoms with Gasteiger partial charge in [-0.3, -0.25) is 4.90 Å². The Labute approximate surface area is 173 Å². The van der Waals surface area contributed by atoms with Gasteiger partial charge in [0.2, 0.25) is 0 Å². The molecule has 3 fully saturated rings. The number of amides is 1. The van der Waals surface area contributed by atoms with Gasteiger partial charge < -0.3 is 19.5 Å². The molecule has 3 aliphatic heterocycles. The maximum atomic E-state index is 13.5. The Balaban J connectivity index is 1.60. The number of aromatic nitrogens is 2. The van der Waals surface area contributed by atoms with E-state index in [2.05, 4.69) is 9.97 Å². The second-order valence-corrected chi connectivity index (χ2v) is 8.65. The summed E-state index contributed by atoms with van der Waals surface area (Å²) < 4.78 is 33.1. The number of piperidine rings is 1. The van der Waals surface area contributed by atoms with Crippen molar-refractivity contribution in [2.75, 3.05) is 18.0 Å². The summed E-state index contributed by atoms with van der Waals surface area (Å²) in [5, 5.41) is 22.1. The van der Waals surface area contributed by atoms with Crippen LogP contribution in [0, 0.1) is 0 Å². The monoisotopic (exact) mass is 436 g/mol. The fourth-order valence-corrected chi connectivity index (χ4v) is 4.92. The van der Waals surface area contributed by atoms with Gasteiger partial charge in [0.15, 0.2) is 5.58 Å². The van der Waals surface area contributed by atoms with Crippen LogP contribution >= 0.6 is 11.3 Å². The van der Waals surface area contributed by atoms with Crippen LogP contribution < -0.4 is 4.90 Å². The predicted octanol–water partition coefficient (Wildman–Crippen LogP) is 3.36. The maximum absolute atomic E-state index is 13.5. The molecule has 8 nitrogen and oxygen atoms in total. The van der Waals surface area contributed by atoms with E-state index in [9.17, 15) is 23.8 Å². The van der Waals surface area contributed by atoms with Crippen molar-refractivity contribution < 1.29 is 28.2 Å². The highest BCUT2D eigenvalue weighted by Crippen LogP contribution is 2.41. The van der Waals surface area contributed by atoms with Gasteiger partial charge in [-0.2, -0.15) is 4.98 Å². The maximum Gasteiger partial charge on any atom is 0.407 e. The Morgan fingerprint density at radius 2 is 2.10 bits per heavy atom. The molecule has 5 heterocycles. The van der Waals surface area contributed by atoms with Crippen LogP contribution in [0.4, 0.5) is 19.6 Å². The number of nitrogens with zero attached hydrogens (tertiary/aromatic N) is 4. The zero-order valence-corrected chi connectivity index (χ0v) is 16.6. The fourth-order valence-electron chi connectivity index (χ4n) is 4.26. The van der Waals surface area contributed by atoms with Gasteiger partial charge in [-0.05, 0) is 19.4 Å². The van der Waals surface area contributed by atoms with Crippen LogP contribution in [0.5, 0.6) is 0 Å². The Morgan fingerprint density at radius 1 is 1.37 bits per heavy atom. The first kappa shape index (κ1) is 19.2. The third kappa shape index (κ3) is 2.76. The molecular weight excluding hydrogens is 418 g/mol. The molecule has 2 N–H and O–H groups in total. The third-order valence-corrected chi connectivity index (χ3v) is 6.66. The first-order valence-electron chi connectivity index (χ1n) is 9.38. The molecule has 0 radical (unpaired) electrons. The molecule has 11 heteroatoms. The molecule has 0 aliphatic carbocycles. The molecule has 2 bridgehead atoms. The van der Waals surface area contributed by atoms with Crippen molar-refractivity contribution in [2.24, 2.45) is 0 Å². The van der Waals surface area contributed by atoms with E-state index in [1.807, 2.05) is 4.90 Å². The van der Waals surface area contributed by atoms with Gasteiger partial charge >= 0.3 is 6.09 Å². The zero-order valence-electron chi connectivity index (χ0n) is 15.8. The number of benzene rings is 1. The lowest BCUT2D eigenvalue weighted by Crippen LogP contribution is -2.70. The van der Waals surface area contributed by atoms with Crippen molar-refractivity contribution in [1.29, 1.82) is 0 Å². The molecule has 3 aromatic rings. The van der Waals surface area contributed by atoms with Crippen molar-refractivity contribution >= 4 is 34.5 Å². The summed E-state index contributed by atoms with van der Waals surface area (Å²) in [5.74, 6) is 0. The zero-order chi connectivity index (χ0) is 21.2. The summed E-state index contributed by atoms with van der Waals surface area (Å²) in [6.07, 6.45) is -1.56. The van der Waals surface area contributed by atoms with Crippen LogP contribution in [0.2, 0.25) is 0 Å². The normalized spacial score (nSPS) is 23.0. The summed E-state index contributed by atoms with van der Waals surface area (Å²) in [4.78, 5) is 23.3. The summed E-state index contributed by atoms with van der Waals surface area (Å²) in [6, 6.07) is 2.94. The molecular formula is C19H18F2N4O4S. The number of piperazine rings is 1. The highest BCUT2D eigenvalue weighted by Gasteiger charge is 2.48. The van der Waals surface area contributed by atoms with Gasteiger partial charge in [0.05, 0.1) is 17.6 Å². The Bertz CT molecular complexity index is 1110. The summed E-state index contributed by atoms with van der Waals surface area (Å²) in [7, 11) is 0. The number of hydrogen-bond donors (Lipinski definition) is 2. The molecule has 2 aromatic heterocycles. The quantitative estimate of drug-likeness (QED) is 0.646. The summed E-state index contributed by atoms with van der Waals surface area (Å²) in [6.45, 7) is 1.86. The molecule has 6 rings (SSSR count). The number of hydrogen-bond acceptors (Lipinski definition) is 7. The number of halogens is 2. The lowest BCUT2D eigenvalue weighted by atomic mass is 9.88. The molecule has 1 aromatic carbocycles. The van der Waals surface area contributed by atoms with Crippen LogP contribution in [0.25, 0.3) is 21.7 Å². The minimum atomic E-state index is -3.02. The Hall–Kier alpha value is -2.79. The molecule has 30 heavy (non-hydrogen) atoms. The smallest absolute Gasteiger partial charge is 0.407 e. The van der Waals surface area contributed by atoms with Crippen molar-refractivity contribution in [3.05, 3.63) is 29.3 Å². The second kappa shape index (κ2) is 6.61. The largest absolute Gasteiger partial charge is 0.465 e. The average molecular weight is 436 g/mol. The number of aliphatic hydroxyl groups is 1. The third-order valence-electron chi connectivity index (χ3n) is 5.85. The van der Waals surface area contributed by atoms with E-state index in [1.165, 1.54) is 22.3 Å². The van der Waals surface area contributed by atoms with Gasteiger partial charge in [-0.15, -0.1) is 11.3 Å². The number of alkyl halides is 2. The molecule has 0 saturated carbocycles. The Morgan fingerprint density at radius 3 is 2.70 bits per heavy atom. The van der Waals surface area contributed by atoms with Crippen LogP contribution in [0.15, 0.2) is 28.1 Å². The van der Waals surface area contributed by atoms with Crippen molar-refractivity contribution in [1.82, 2.24) is 14.9 Å². The van der Waals surface area contributed by atoms with E-state index in [1.54, 1.807) is 17.6 Å². The first-order chi connectivity index (χ1) is 14.3. The van der Waals surface area contributed by atoms with Crippen molar-refractivity contribution in [2.45, 2.75) is 37.5 Å². The molecule has 3 aliphatic rings. The number of oxazole rings is 1. The van der Waals surface area contributed by atoms with Gasteiger partial charge in [-0.1, -0.05) is 6.07 Å². The van der Waals surface area contributed by atoms with Crippen LogP contribution in [0.1, 0.15) is 18.9 Å². The van der Waals surface area contributed by atoms with Crippen LogP contribution in [-0.4, -0.2) is 62.8 Å². The molecule has 3 atom stereocenters. The lowest BCUT2D eigenvalue weighted by molar-refractivity contribution is -0.0874. The van der Waals surface area contributed by atoms with Gasteiger partial charge in [0.25, 0.3) is 12.4 Å². The molecule has 0 spiro atoms. The van der Waals surface area contributed by atoms with Crippen molar-refractivity contribution in [3.63, 3.8) is 0 Å². The van der Waals surface area contributed by atoms with E-state index in [4.69, 9.17) is 4.42 Å². The first-order valence-corrected chi connectivity index (χ1v) is 10.3. The summed E-state index contributed by atoms with van der Waals surface area (Å²) in [5.41, 5.74) is -1.41. The lowest BCUT2D eigenvalue weighted by Gasteiger charge is -2.54. The standard InChI is InChI=1S/C19H18F2N4O4S/c1-19(28,16(20)21)12-3-2-11(15-22-4-5-30-15)14-13(12)23-17(29-14)24-7-9-6-10(8-24)25(9)18(26)27/h2-5,9-10,16,28H,6-8H2,1H3,(H,26,27). The summed E-state index contributed by atoms with van der Waals surface area (Å²) >= 11 is 1.37. The minimum absolute atomic E-state index is 0.0304. The SMILES string of the molecule is CC(O)(c1ccc(-c2nccs2)c2oc(N3CC4CC(C3)N4C(=O)O)nc12)C(F)F. The minimum Gasteiger partial charge on any atom is -0.465 e. The topological polar surface area (TPSA) is 103 Å².